The maximum atomic E-state index is 12.7. The Bertz CT molecular complexity index is 892. The van der Waals surface area contributed by atoms with E-state index in [2.05, 4.69) is 10.5 Å². The lowest BCUT2D eigenvalue weighted by atomic mass is 10.1. The van der Waals surface area contributed by atoms with E-state index in [0.717, 1.165) is 5.56 Å². The molecule has 0 unspecified atom stereocenters. The van der Waals surface area contributed by atoms with E-state index in [-0.39, 0.29) is 36.4 Å². The SMILES string of the molecule is CO[C@@H]1C[C@@H](C(=O)NCc2ccc(C(=O)O)cc2)N(C(=O)Cc2cc(C)no2)C1. The number of carboxylic acid groups (broad SMARTS) is 1. The van der Waals surface area contributed by atoms with Crippen molar-refractivity contribution in [3.63, 3.8) is 0 Å². The fraction of sp³-hybridized carbons (Fsp3) is 0.400. The highest BCUT2D eigenvalue weighted by Gasteiger charge is 2.39. The number of benzene rings is 1. The third-order valence-corrected chi connectivity index (χ3v) is 4.89. The van der Waals surface area contributed by atoms with Crippen molar-refractivity contribution in [2.75, 3.05) is 13.7 Å². The number of aryl methyl sites for hydroxylation is 1. The van der Waals surface area contributed by atoms with E-state index in [0.29, 0.717) is 24.4 Å². The summed E-state index contributed by atoms with van der Waals surface area (Å²) in [4.78, 5) is 37.9. The zero-order chi connectivity index (χ0) is 21.0. The number of hydrogen-bond donors (Lipinski definition) is 2. The van der Waals surface area contributed by atoms with Crippen molar-refractivity contribution in [1.82, 2.24) is 15.4 Å². The van der Waals surface area contributed by atoms with Gasteiger partial charge in [0.05, 0.1) is 23.8 Å². The molecule has 9 nitrogen and oxygen atoms in total. The van der Waals surface area contributed by atoms with E-state index in [4.69, 9.17) is 14.4 Å². The molecule has 2 heterocycles. The molecule has 1 fully saturated rings. The second-order valence-corrected chi connectivity index (χ2v) is 6.99. The Morgan fingerprint density at radius 2 is 2.03 bits per heavy atom. The first-order chi connectivity index (χ1) is 13.9. The van der Waals surface area contributed by atoms with Crippen molar-refractivity contribution in [2.24, 2.45) is 0 Å². The number of aromatic nitrogens is 1. The van der Waals surface area contributed by atoms with Gasteiger partial charge < -0.3 is 24.6 Å². The Morgan fingerprint density at radius 3 is 2.62 bits per heavy atom. The molecule has 154 valence electrons. The van der Waals surface area contributed by atoms with Crippen LogP contribution in [0, 0.1) is 6.92 Å². The molecule has 0 aliphatic carbocycles. The van der Waals surface area contributed by atoms with E-state index in [1.54, 1.807) is 32.2 Å². The fourth-order valence-electron chi connectivity index (χ4n) is 3.31. The van der Waals surface area contributed by atoms with Crippen molar-refractivity contribution < 1.29 is 28.8 Å². The fourth-order valence-corrected chi connectivity index (χ4v) is 3.31. The molecule has 1 aliphatic heterocycles. The molecule has 1 saturated heterocycles. The third kappa shape index (κ3) is 5.00. The van der Waals surface area contributed by atoms with Gasteiger partial charge in [-0.05, 0) is 24.6 Å². The quantitative estimate of drug-likeness (QED) is 0.714. The summed E-state index contributed by atoms with van der Waals surface area (Å²) in [6, 6.07) is 7.30. The summed E-state index contributed by atoms with van der Waals surface area (Å²) in [6.45, 7) is 2.33. The Kier molecular flexibility index (Phi) is 6.28. The number of carbonyl (C=O) groups excluding carboxylic acids is 2. The Morgan fingerprint density at radius 1 is 1.31 bits per heavy atom. The number of methoxy groups -OCH3 is 1. The molecule has 2 N–H and O–H groups in total. The van der Waals surface area contributed by atoms with Gasteiger partial charge in [-0.3, -0.25) is 9.59 Å². The molecule has 0 spiro atoms. The van der Waals surface area contributed by atoms with E-state index < -0.39 is 12.0 Å². The Balaban J connectivity index is 1.63. The normalized spacial score (nSPS) is 18.6. The maximum Gasteiger partial charge on any atom is 0.335 e. The van der Waals surface area contributed by atoms with Gasteiger partial charge in [-0.1, -0.05) is 17.3 Å². The highest BCUT2D eigenvalue weighted by atomic mass is 16.5. The van der Waals surface area contributed by atoms with Gasteiger partial charge in [-0.2, -0.15) is 0 Å². The number of ether oxygens (including phenoxy) is 1. The molecular weight excluding hydrogens is 378 g/mol. The van der Waals surface area contributed by atoms with Crippen LogP contribution in [-0.2, 0) is 27.3 Å². The summed E-state index contributed by atoms with van der Waals surface area (Å²) in [5, 5.41) is 15.5. The van der Waals surface area contributed by atoms with Crippen LogP contribution < -0.4 is 5.32 Å². The van der Waals surface area contributed by atoms with Crippen LogP contribution >= 0.6 is 0 Å². The molecule has 2 atom stereocenters. The van der Waals surface area contributed by atoms with E-state index in [1.807, 2.05) is 0 Å². The van der Waals surface area contributed by atoms with Crippen molar-refractivity contribution in [3.05, 3.63) is 52.9 Å². The van der Waals surface area contributed by atoms with Crippen LogP contribution in [0.2, 0.25) is 0 Å². The zero-order valence-corrected chi connectivity index (χ0v) is 16.3. The van der Waals surface area contributed by atoms with Crippen LogP contribution in [0.5, 0.6) is 0 Å². The number of likely N-dealkylation sites (tertiary alicyclic amines) is 1. The van der Waals surface area contributed by atoms with Gasteiger partial charge in [-0.25, -0.2) is 4.79 Å². The van der Waals surface area contributed by atoms with Gasteiger partial charge in [0, 0.05) is 32.7 Å². The van der Waals surface area contributed by atoms with Crippen LogP contribution in [0.25, 0.3) is 0 Å². The summed E-state index contributed by atoms with van der Waals surface area (Å²) >= 11 is 0. The van der Waals surface area contributed by atoms with Crippen molar-refractivity contribution in [3.8, 4) is 0 Å². The number of hydrogen-bond acceptors (Lipinski definition) is 6. The molecule has 1 aromatic heterocycles. The second kappa shape index (κ2) is 8.87. The van der Waals surface area contributed by atoms with Crippen molar-refractivity contribution in [1.29, 1.82) is 0 Å². The smallest absolute Gasteiger partial charge is 0.335 e. The van der Waals surface area contributed by atoms with Gasteiger partial charge >= 0.3 is 5.97 Å². The van der Waals surface area contributed by atoms with Gasteiger partial charge in [-0.15, -0.1) is 0 Å². The number of carbonyl (C=O) groups is 3. The maximum absolute atomic E-state index is 12.7. The van der Waals surface area contributed by atoms with E-state index in [1.165, 1.54) is 17.0 Å². The summed E-state index contributed by atoms with van der Waals surface area (Å²) in [5.74, 6) is -1.07. The number of nitrogens with one attached hydrogen (secondary N) is 1. The molecule has 0 bridgehead atoms. The van der Waals surface area contributed by atoms with Gasteiger partial charge in [0.25, 0.3) is 0 Å². The number of carboxylic acids is 1. The monoisotopic (exact) mass is 401 g/mol. The predicted octanol–water partition coefficient (Wildman–Crippen LogP) is 1.16. The van der Waals surface area contributed by atoms with Gasteiger partial charge in [0.1, 0.15) is 11.8 Å². The zero-order valence-electron chi connectivity index (χ0n) is 16.3. The van der Waals surface area contributed by atoms with Crippen LogP contribution in [0.1, 0.15) is 33.8 Å². The molecule has 1 aliphatic rings. The Labute approximate surface area is 167 Å². The molecule has 1 aromatic carbocycles. The van der Waals surface area contributed by atoms with E-state index >= 15 is 0 Å². The van der Waals surface area contributed by atoms with Crippen LogP contribution in [-0.4, -0.2) is 58.7 Å². The lowest BCUT2D eigenvalue weighted by Crippen LogP contribution is -2.46. The standard InChI is InChI=1S/C20H23N3O6/c1-12-7-15(29-22-12)9-18(24)23-11-16(28-2)8-17(23)19(25)21-10-13-3-5-14(6-4-13)20(26)27/h3-7,16-17H,8-11H2,1-2H3,(H,21,25)(H,26,27)/t16-,17+/m1/s1. The van der Waals surface area contributed by atoms with Crippen LogP contribution in [0.3, 0.4) is 0 Å². The van der Waals surface area contributed by atoms with Gasteiger partial charge in [0.2, 0.25) is 11.8 Å². The summed E-state index contributed by atoms with van der Waals surface area (Å²) in [6.07, 6.45) is 0.208. The van der Waals surface area contributed by atoms with E-state index in [9.17, 15) is 14.4 Å². The second-order valence-electron chi connectivity index (χ2n) is 6.99. The minimum Gasteiger partial charge on any atom is -0.478 e. The van der Waals surface area contributed by atoms with Crippen molar-refractivity contribution in [2.45, 2.75) is 38.5 Å². The molecule has 0 radical (unpaired) electrons. The molecule has 9 heteroatoms. The summed E-state index contributed by atoms with van der Waals surface area (Å²) < 4.78 is 10.5. The minimum atomic E-state index is -1.01. The predicted molar refractivity (Wildman–Crippen MR) is 101 cm³/mol. The number of amides is 2. The van der Waals surface area contributed by atoms with Crippen molar-refractivity contribution >= 4 is 17.8 Å². The Hall–Kier alpha value is -3.20. The minimum absolute atomic E-state index is 0.0255. The lowest BCUT2D eigenvalue weighted by molar-refractivity contribution is -0.138. The molecule has 3 rings (SSSR count). The van der Waals surface area contributed by atoms with Gasteiger partial charge in [0.15, 0.2) is 0 Å². The average Bonchev–Trinajstić information content (AvgIpc) is 3.32. The first-order valence-corrected chi connectivity index (χ1v) is 9.21. The average molecular weight is 401 g/mol. The topological polar surface area (TPSA) is 122 Å². The van der Waals surface area contributed by atoms with Crippen LogP contribution in [0.4, 0.5) is 0 Å². The molecule has 2 aromatic rings. The summed E-state index contributed by atoms with van der Waals surface area (Å²) in [5.41, 5.74) is 1.63. The van der Waals surface area contributed by atoms with Crippen LogP contribution in [0.15, 0.2) is 34.9 Å². The molecule has 0 saturated carbocycles. The summed E-state index contributed by atoms with van der Waals surface area (Å²) in [7, 11) is 1.55. The number of aromatic carboxylic acids is 1. The lowest BCUT2D eigenvalue weighted by Gasteiger charge is -2.23. The number of rotatable bonds is 7. The first-order valence-electron chi connectivity index (χ1n) is 9.21. The third-order valence-electron chi connectivity index (χ3n) is 4.89. The largest absolute Gasteiger partial charge is 0.478 e. The molecule has 2 amide bonds. The molecule has 29 heavy (non-hydrogen) atoms. The first kappa shape index (κ1) is 20.5. The highest BCUT2D eigenvalue weighted by Crippen LogP contribution is 2.22. The number of nitrogens with zero attached hydrogens (tertiary/aromatic N) is 2. The molecular formula is C20H23N3O6. The highest BCUT2D eigenvalue weighted by molar-refractivity contribution is 5.89.